The molecule has 0 spiro atoms. The summed E-state index contributed by atoms with van der Waals surface area (Å²) in [7, 11) is 3.46. The van der Waals surface area contributed by atoms with Crippen molar-refractivity contribution in [2.75, 3.05) is 32.6 Å². The number of carbonyl (C=O) groups is 2. The van der Waals surface area contributed by atoms with E-state index in [9.17, 15) is 9.59 Å². The van der Waals surface area contributed by atoms with Gasteiger partial charge in [-0.1, -0.05) is 23.7 Å². The minimum atomic E-state index is -0.396. The standard InChI is InChI=1S/C22H26ClN3O3/c1-25(15-16-4-3-5-18(23)14-16)20-10-12-26(13-11-20)22(28)24-19-8-6-17(7-9-19)21(27)29-2/h3-9,14,20H,10-13,15H2,1-2H3,(H,24,28). The molecule has 0 bridgehead atoms. The van der Waals surface area contributed by atoms with Gasteiger partial charge in [0.1, 0.15) is 0 Å². The zero-order valence-electron chi connectivity index (χ0n) is 16.7. The van der Waals surface area contributed by atoms with Gasteiger partial charge >= 0.3 is 12.0 Å². The number of ether oxygens (including phenoxy) is 1. The highest BCUT2D eigenvalue weighted by Gasteiger charge is 2.25. The van der Waals surface area contributed by atoms with Crippen molar-refractivity contribution in [2.45, 2.75) is 25.4 Å². The number of hydrogen-bond acceptors (Lipinski definition) is 4. The second-order valence-corrected chi connectivity index (χ2v) is 7.70. The Morgan fingerprint density at radius 3 is 2.48 bits per heavy atom. The summed E-state index contributed by atoms with van der Waals surface area (Å²) in [6.07, 6.45) is 1.84. The Balaban J connectivity index is 1.48. The lowest BCUT2D eigenvalue weighted by molar-refractivity contribution is 0.0600. The van der Waals surface area contributed by atoms with Gasteiger partial charge in [0, 0.05) is 36.4 Å². The molecule has 0 aromatic heterocycles. The first-order valence-corrected chi connectivity index (χ1v) is 10.0. The molecule has 7 heteroatoms. The van der Waals surface area contributed by atoms with Crippen LogP contribution in [0.25, 0.3) is 0 Å². The molecule has 0 saturated carbocycles. The summed E-state index contributed by atoms with van der Waals surface area (Å²) in [6.45, 7) is 2.25. The number of benzene rings is 2. The van der Waals surface area contributed by atoms with Gasteiger partial charge in [0.2, 0.25) is 0 Å². The van der Waals surface area contributed by atoms with Gasteiger partial charge in [-0.2, -0.15) is 0 Å². The first kappa shape index (κ1) is 21.1. The average Bonchev–Trinajstić information content (AvgIpc) is 2.74. The monoisotopic (exact) mass is 415 g/mol. The van der Waals surface area contributed by atoms with Gasteiger partial charge < -0.3 is 15.0 Å². The number of halogens is 1. The Bertz CT molecular complexity index is 849. The summed E-state index contributed by atoms with van der Waals surface area (Å²) < 4.78 is 4.68. The highest BCUT2D eigenvalue weighted by molar-refractivity contribution is 6.30. The van der Waals surface area contributed by atoms with Crippen molar-refractivity contribution in [3.63, 3.8) is 0 Å². The van der Waals surface area contributed by atoms with Crippen molar-refractivity contribution < 1.29 is 14.3 Å². The van der Waals surface area contributed by atoms with Crippen LogP contribution in [0.2, 0.25) is 5.02 Å². The summed E-state index contributed by atoms with van der Waals surface area (Å²) in [5.41, 5.74) is 2.30. The quantitative estimate of drug-likeness (QED) is 0.741. The number of urea groups is 1. The number of carbonyl (C=O) groups excluding carboxylic acids is 2. The SMILES string of the molecule is COC(=O)c1ccc(NC(=O)N2CCC(N(C)Cc3cccc(Cl)c3)CC2)cc1. The van der Waals surface area contributed by atoms with Crippen LogP contribution < -0.4 is 5.32 Å². The molecular weight excluding hydrogens is 390 g/mol. The highest BCUT2D eigenvalue weighted by atomic mass is 35.5. The maximum Gasteiger partial charge on any atom is 0.337 e. The Labute approximate surface area is 176 Å². The second kappa shape index (κ2) is 9.76. The largest absolute Gasteiger partial charge is 0.465 e. The smallest absolute Gasteiger partial charge is 0.337 e. The van der Waals surface area contributed by atoms with E-state index in [4.69, 9.17) is 11.6 Å². The Morgan fingerprint density at radius 2 is 1.86 bits per heavy atom. The fourth-order valence-electron chi connectivity index (χ4n) is 3.57. The molecule has 0 unspecified atom stereocenters. The van der Waals surface area contributed by atoms with E-state index in [0.717, 1.165) is 24.4 Å². The van der Waals surface area contributed by atoms with Crippen LogP contribution in [0.3, 0.4) is 0 Å². The number of piperidine rings is 1. The van der Waals surface area contributed by atoms with Crippen molar-refractivity contribution in [1.82, 2.24) is 9.80 Å². The summed E-state index contributed by atoms with van der Waals surface area (Å²) >= 11 is 6.07. The number of methoxy groups -OCH3 is 1. The lowest BCUT2D eigenvalue weighted by Gasteiger charge is -2.36. The number of nitrogens with one attached hydrogen (secondary N) is 1. The minimum absolute atomic E-state index is 0.119. The van der Waals surface area contributed by atoms with Crippen LogP contribution in [0.5, 0.6) is 0 Å². The predicted molar refractivity (Wildman–Crippen MR) is 114 cm³/mol. The molecular formula is C22H26ClN3O3. The second-order valence-electron chi connectivity index (χ2n) is 7.26. The van der Waals surface area contributed by atoms with Crippen LogP contribution in [0.4, 0.5) is 10.5 Å². The minimum Gasteiger partial charge on any atom is -0.465 e. The molecule has 3 rings (SSSR count). The van der Waals surface area contributed by atoms with E-state index in [1.54, 1.807) is 24.3 Å². The number of anilines is 1. The van der Waals surface area contributed by atoms with Crippen molar-refractivity contribution in [3.05, 3.63) is 64.7 Å². The maximum absolute atomic E-state index is 12.5. The summed E-state index contributed by atoms with van der Waals surface area (Å²) in [6, 6.07) is 14.9. The average molecular weight is 416 g/mol. The fraction of sp³-hybridized carbons (Fsp3) is 0.364. The van der Waals surface area contributed by atoms with Gasteiger partial charge in [0.05, 0.1) is 12.7 Å². The van der Waals surface area contributed by atoms with Crippen molar-refractivity contribution in [1.29, 1.82) is 0 Å². The third-order valence-corrected chi connectivity index (χ3v) is 5.49. The molecule has 29 heavy (non-hydrogen) atoms. The number of esters is 1. The third-order valence-electron chi connectivity index (χ3n) is 5.25. The molecule has 1 heterocycles. The van der Waals surface area contributed by atoms with Gasteiger partial charge in [-0.3, -0.25) is 4.90 Å². The predicted octanol–water partition coefficient (Wildman–Crippen LogP) is 4.25. The first-order chi connectivity index (χ1) is 14.0. The number of likely N-dealkylation sites (tertiary alicyclic amines) is 1. The van der Waals surface area contributed by atoms with Crippen LogP contribution in [0.15, 0.2) is 48.5 Å². The fourth-order valence-corrected chi connectivity index (χ4v) is 3.79. The molecule has 1 saturated heterocycles. The van der Waals surface area contributed by atoms with E-state index in [1.807, 2.05) is 23.1 Å². The normalized spacial score (nSPS) is 14.7. The van der Waals surface area contributed by atoms with Crippen LogP contribution in [0, 0.1) is 0 Å². The molecule has 2 amide bonds. The van der Waals surface area contributed by atoms with E-state index in [1.165, 1.54) is 12.7 Å². The van der Waals surface area contributed by atoms with Crippen LogP contribution in [-0.4, -0.2) is 55.1 Å². The van der Waals surface area contributed by atoms with Gasteiger partial charge in [-0.25, -0.2) is 9.59 Å². The van der Waals surface area contributed by atoms with Gasteiger partial charge in [-0.15, -0.1) is 0 Å². The highest BCUT2D eigenvalue weighted by Crippen LogP contribution is 2.20. The number of hydrogen-bond donors (Lipinski definition) is 1. The number of amides is 2. The lowest BCUT2D eigenvalue weighted by atomic mass is 10.0. The zero-order chi connectivity index (χ0) is 20.8. The van der Waals surface area contributed by atoms with Crippen molar-refractivity contribution in [2.24, 2.45) is 0 Å². The molecule has 0 radical (unpaired) electrons. The molecule has 154 valence electrons. The third kappa shape index (κ3) is 5.71. The summed E-state index contributed by atoms with van der Waals surface area (Å²) in [5, 5.41) is 3.64. The van der Waals surface area contributed by atoms with Crippen LogP contribution in [-0.2, 0) is 11.3 Å². The number of rotatable bonds is 5. The van der Waals surface area contributed by atoms with Crippen LogP contribution in [0.1, 0.15) is 28.8 Å². The molecule has 0 atom stereocenters. The van der Waals surface area contributed by atoms with Gasteiger partial charge in [0.15, 0.2) is 0 Å². The lowest BCUT2D eigenvalue weighted by Crippen LogP contribution is -2.46. The Kier molecular flexibility index (Phi) is 7.12. The Hall–Kier alpha value is -2.57. The summed E-state index contributed by atoms with van der Waals surface area (Å²) in [4.78, 5) is 28.2. The molecule has 0 aliphatic carbocycles. The Morgan fingerprint density at radius 1 is 1.17 bits per heavy atom. The molecule has 1 aliphatic heterocycles. The molecule has 2 aromatic rings. The van der Waals surface area contributed by atoms with E-state index in [0.29, 0.717) is 30.4 Å². The first-order valence-electron chi connectivity index (χ1n) is 9.65. The van der Waals surface area contributed by atoms with Gasteiger partial charge in [-0.05, 0) is 61.9 Å². The number of nitrogens with zero attached hydrogens (tertiary/aromatic N) is 2. The zero-order valence-corrected chi connectivity index (χ0v) is 17.5. The van der Waals surface area contributed by atoms with Crippen LogP contribution >= 0.6 is 11.6 Å². The molecule has 6 nitrogen and oxygen atoms in total. The topological polar surface area (TPSA) is 61.9 Å². The van der Waals surface area contributed by atoms with E-state index < -0.39 is 5.97 Å². The van der Waals surface area contributed by atoms with E-state index >= 15 is 0 Å². The molecule has 1 N–H and O–H groups in total. The van der Waals surface area contributed by atoms with Gasteiger partial charge in [0.25, 0.3) is 0 Å². The van der Waals surface area contributed by atoms with E-state index in [2.05, 4.69) is 28.1 Å². The molecule has 2 aromatic carbocycles. The molecule has 1 fully saturated rings. The van der Waals surface area contributed by atoms with Crippen molar-refractivity contribution in [3.8, 4) is 0 Å². The molecule has 1 aliphatic rings. The summed E-state index contributed by atoms with van der Waals surface area (Å²) in [5.74, 6) is -0.396. The van der Waals surface area contributed by atoms with Crippen molar-refractivity contribution >= 4 is 29.3 Å². The maximum atomic E-state index is 12.5. The van der Waals surface area contributed by atoms with E-state index in [-0.39, 0.29) is 6.03 Å².